The van der Waals surface area contributed by atoms with Crippen LogP contribution in [0.5, 0.6) is 5.75 Å². The number of hydrogen-bond acceptors (Lipinski definition) is 4. The molecule has 6 nitrogen and oxygen atoms in total. The Hall–Kier alpha value is -2.89. The lowest BCUT2D eigenvalue weighted by Gasteiger charge is -2.11. The maximum absolute atomic E-state index is 12.0. The monoisotopic (exact) mass is 314 g/mol. The number of nitrogens with one attached hydrogen (secondary N) is 1. The Kier molecular flexibility index (Phi) is 4.95. The van der Waals surface area contributed by atoms with Crippen molar-refractivity contribution in [2.24, 2.45) is 0 Å². The highest BCUT2D eigenvalue weighted by Gasteiger charge is 2.16. The summed E-state index contributed by atoms with van der Waals surface area (Å²) in [4.78, 5) is 22.5. The second-order valence-electron chi connectivity index (χ2n) is 5.31. The molecule has 120 valence electrons. The van der Waals surface area contributed by atoms with Crippen molar-refractivity contribution in [3.05, 3.63) is 63.2 Å². The molecule has 0 aliphatic rings. The van der Waals surface area contributed by atoms with Gasteiger partial charge in [-0.3, -0.25) is 14.9 Å². The third-order valence-electron chi connectivity index (χ3n) is 3.55. The van der Waals surface area contributed by atoms with Gasteiger partial charge < -0.3 is 10.1 Å². The van der Waals surface area contributed by atoms with E-state index in [2.05, 4.69) is 5.32 Å². The van der Waals surface area contributed by atoms with Gasteiger partial charge in [0.1, 0.15) is 0 Å². The normalized spacial score (nSPS) is 10.2. The minimum Gasteiger partial charge on any atom is -0.477 e. The molecule has 0 aliphatic heterocycles. The van der Waals surface area contributed by atoms with E-state index in [9.17, 15) is 14.9 Å². The number of carbonyl (C=O) groups is 1. The van der Waals surface area contributed by atoms with Crippen molar-refractivity contribution in [3.8, 4) is 5.75 Å². The van der Waals surface area contributed by atoms with Gasteiger partial charge >= 0.3 is 5.69 Å². The molecule has 2 aromatic carbocycles. The molecule has 0 spiro atoms. The molecule has 0 aromatic heterocycles. The molecule has 0 heterocycles. The van der Waals surface area contributed by atoms with Gasteiger partial charge in [-0.2, -0.15) is 0 Å². The summed E-state index contributed by atoms with van der Waals surface area (Å²) >= 11 is 0. The van der Waals surface area contributed by atoms with Crippen LogP contribution in [0, 0.1) is 30.9 Å². The van der Waals surface area contributed by atoms with E-state index in [0.717, 1.165) is 16.7 Å². The molecule has 0 bridgehead atoms. The predicted octanol–water partition coefficient (Wildman–Crippen LogP) is 3.54. The van der Waals surface area contributed by atoms with E-state index in [1.165, 1.54) is 12.1 Å². The standard InChI is InChI=1S/C17H18N2O4/c1-11-7-8-16(15(9-11)19(21)22)23-10-17(20)18-14-6-4-5-12(2)13(14)3/h4-9H,10H2,1-3H3,(H,18,20). The molecule has 1 N–H and O–H groups in total. The van der Waals surface area contributed by atoms with Crippen molar-refractivity contribution >= 4 is 17.3 Å². The van der Waals surface area contributed by atoms with Gasteiger partial charge in [0.15, 0.2) is 12.4 Å². The van der Waals surface area contributed by atoms with Crippen LogP contribution in [0.2, 0.25) is 0 Å². The van der Waals surface area contributed by atoms with E-state index in [1.54, 1.807) is 19.1 Å². The number of rotatable bonds is 5. The second-order valence-corrected chi connectivity index (χ2v) is 5.31. The van der Waals surface area contributed by atoms with Crippen LogP contribution >= 0.6 is 0 Å². The molecule has 0 radical (unpaired) electrons. The Morgan fingerprint density at radius 2 is 1.96 bits per heavy atom. The summed E-state index contributed by atoms with van der Waals surface area (Å²) < 4.78 is 5.30. The molecule has 23 heavy (non-hydrogen) atoms. The van der Waals surface area contributed by atoms with Gasteiger partial charge in [-0.1, -0.05) is 18.2 Å². The number of anilines is 1. The molecule has 0 atom stereocenters. The Morgan fingerprint density at radius 1 is 1.22 bits per heavy atom. The van der Waals surface area contributed by atoms with Crippen LogP contribution in [0.3, 0.4) is 0 Å². The Morgan fingerprint density at radius 3 is 2.65 bits per heavy atom. The number of nitrogens with zero attached hydrogens (tertiary/aromatic N) is 1. The first-order chi connectivity index (χ1) is 10.9. The third-order valence-corrected chi connectivity index (χ3v) is 3.55. The first kappa shape index (κ1) is 16.5. The molecule has 0 aliphatic carbocycles. The van der Waals surface area contributed by atoms with Gasteiger partial charge in [-0.05, 0) is 49.6 Å². The maximum Gasteiger partial charge on any atom is 0.311 e. The van der Waals surface area contributed by atoms with Gasteiger partial charge in [0, 0.05) is 11.8 Å². The van der Waals surface area contributed by atoms with Gasteiger partial charge in [-0.25, -0.2) is 0 Å². The molecular weight excluding hydrogens is 296 g/mol. The van der Waals surface area contributed by atoms with Gasteiger partial charge in [0.05, 0.1) is 4.92 Å². The van der Waals surface area contributed by atoms with E-state index in [4.69, 9.17) is 4.74 Å². The molecule has 1 amide bonds. The summed E-state index contributed by atoms with van der Waals surface area (Å²) in [5.74, 6) is -0.287. The number of benzene rings is 2. The number of ether oxygens (including phenoxy) is 1. The number of hydrogen-bond donors (Lipinski definition) is 1. The Labute approximate surface area is 134 Å². The fraction of sp³-hybridized carbons (Fsp3) is 0.235. The number of nitro benzene ring substituents is 1. The lowest BCUT2D eigenvalue weighted by molar-refractivity contribution is -0.385. The van der Waals surface area contributed by atoms with Crippen molar-refractivity contribution in [1.29, 1.82) is 0 Å². The first-order valence-electron chi connectivity index (χ1n) is 7.12. The SMILES string of the molecule is Cc1ccc(OCC(=O)Nc2cccc(C)c2C)c([N+](=O)[O-])c1. The zero-order chi connectivity index (χ0) is 17.0. The number of amides is 1. The van der Waals surface area contributed by atoms with Gasteiger partial charge in [0.25, 0.3) is 5.91 Å². The number of nitro groups is 1. The topological polar surface area (TPSA) is 81.5 Å². The molecule has 2 rings (SSSR count). The number of aryl methyl sites for hydroxylation is 2. The Bertz CT molecular complexity index is 756. The van der Waals surface area contributed by atoms with Crippen LogP contribution in [0.25, 0.3) is 0 Å². The molecule has 0 unspecified atom stereocenters. The fourth-order valence-corrected chi connectivity index (χ4v) is 2.11. The highest BCUT2D eigenvalue weighted by atomic mass is 16.6. The van der Waals surface area contributed by atoms with E-state index < -0.39 is 4.92 Å². The van der Waals surface area contributed by atoms with Crippen molar-refractivity contribution in [2.45, 2.75) is 20.8 Å². The quantitative estimate of drug-likeness (QED) is 0.676. The van der Waals surface area contributed by atoms with Crippen molar-refractivity contribution in [1.82, 2.24) is 0 Å². The minimum atomic E-state index is -0.523. The fourth-order valence-electron chi connectivity index (χ4n) is 2.11. The van der Waals surface area contributed by atoms with E-state index >= 15 is 0 Å². The van der Waals surface area contributed by atoms with E-state index in [0.29, 0.717) is 5.69 Å². The van der Waals surface area contributed by atoms with Crippen molar-refractivity contribution < 1.29 is 14.5 Å². The number of carbonyl (C=O) groups excluding carboxylic acids is 1. The predicted molar refractivity (Wildman–Crippen MR) is 87.9 cm³/mol. The lowest BCUT2D eigenvalue weighted by Crippen LogP contribution is -2.21. The van der Waals surface area contributed by atoms with Crippen LogP contribution in [-0.2, 0) is 4.79 Å². The average Bonchev–Trinajstić information content (AvgIpc) is 2.50. The summed E-state index contributed by atoms with van der Waals surface area (Å²) in [6.07, 6.45) is 0. The third kappa shape index (κ3) is 4.06. The van der Waals surface area contributed by atoms with E-state index in [1.807, 2.05) is 26.0 Å². The van der Waals surface area contributed by atoms with Crippen molar-refractivity contribution in [3.63, 3.8) is 0 Å². The minimum absolute atomic E-state index is 0.0803. The summed E-state index contributed by atoms with van der Waals surface area (Å²) in [7, 11) is 0. The van der Waals surface area contributed by atoms with Gasteiger partial charge in [0.2, 0.25) is 0 Å². The molecular formula is C17H18N2O4. The molecule has 2 aromatic rings. The summed E-state index contributed by atoms with van der Waals surface area (Å²) in [5, 5.41) is 13.8. The van der Waals surface area contributed by atoms with Crippen LogP contribution in [0.15, 0.2) is 36.4 Å². The highest BCUT2D eigenvalue weighted by molar-refractivity contribution is 5.92. The highest BCUT2D eigenvalue weighted by Crippen LogP contribution is 2.27. The largest absolute Gasteiger partial charge is 0.477 e. The second kappa shape index (κ2) is 6.91. The van der Waals surface area contributed by atoms with E-state index in [-0.39, 0.29) is 24.0 Å². The molecule has 0 saturated heterocycles. The zero-order valence-corrected chi connectivity index (χ0v) is 13.3. The first-order valence-corrected chi connectivity index (χ1v) is 7.12. The molecule has 0 fully saturated rings. The van der Waals surface area contributed by atoms with Crippen LogP contribution in [0.4, 0.5) is 11.4 Å². The van der Waals surface area contributed by atoms with Gasteiger partial charge in [-0.15, -0.1) is 0 Å². The van der Waals surface area contributed by atoms with Crippen molar-refractivity contribution in [2.75, 3.05) is 11.9 Å². The summed E-state index contributed by atoms with van der Waals surface area (Å²) in [5.41, 5.74) is 3.35. The molecule has 0 saturated carbocycles. The lowest BCUT2D eigenvalue weighted by atomic mass is 10.1. The van der Waals surface area contributed by atoms with Crippen LogP contribution in [0.1, 0.15) is 16.7 Å². The Balaban J connectivity index is 2.05. The summed E-state index contributed by atoms with van der Waals surface area (Å²) in [6.45, 7) is 5.33. The summed E-state index contributed by atoms with van der Waals surface area (Å²) in [6, 6.07) is 10.2. The molecule has 6 heteroatoms. The van der Waals surface area contributed by atoms with Crippen LogP contribution < -0.4 is 10.1 Å². The maximum atomic E-state index is 12.0. The zero-order valence-electron chi connectivity index (χ0n) is 13.3. The average molecular weight is 314 g/mol. The smallest absolute Gasteiger partial charge is 0.311 e. The van der Waals surface area contributed by atoms with Crippen LogP contribution in [-0.4, -0.2) is 17.4 Å².